The van der Waals surface area contributed by atoms with Crippen molar-refractivity contribution in [3.8, 4) is 0 Å². The highest BCUT2D eigenvalue weighted by molar-refractivity contribution is 8.17. The molecule has 1 aliphatic rings. The Hall–Kier alpha value is 0.350. The third kappa shape index (κ3) is 1.12. The van der Waals surface area contributed by atoms with Crippen LogP contribution in [0.2, 0.25) is 0 Å². The predicted molar refractivity (Wildman–Crippen MR) is 37.1 cm³/mol. The zero-order valence-electron chi connectivity index (χ0n) is 5.11. The minimum Gasteiger partial charge on any atom is -0.210 e. The molecule has 0 aromatic carbocycles. The van der Waals surface area contributed by atoms with Crippen molar-refractivity contribution in [3.05, 3.63) is 0 Å². The first-order valence-electron chi connectivity index (χ1n) is 2.92. The van der Waals surface area contributed by atoms with Crippen LogP contribution in [0, 0.1) is 0 Å². The van der Waals surface area contributed by atoms with Crippen molar-refractivity contribution in [2.75, 3.05) is 12.0 Å². The Morgan fingerprint density at radius 2 is 2.29 bits per heavy atom. The van der Waals surface area contributed by atoms with Crippen LogP contribution in [0.3, 0.4) is 0 Å². The molecule has 0 aromatic rings. The van der Waals surface area contributed by atoms with Crippen molar-refractivity contribution < 1.29 is 0 Å². The van der Waals surface area contributed by atoms with Gasteiger partial charge in [-0.2, -0.15) is 0 Å². The van der Waals surface area contributed by atoms with Gasteiger partial charge in [0.25, 0.3) is 0 Å². The van der Waals surface area contributed by atoms with E-state index in [0.29, 0.717) is 0 Å². The molecule has 0 nitrogen and oxygen atoms in total. The first-order valence-corrected chi connectivity index (χ1v) is 4.78. The summed E-state index contributed by atoms with van der Waals surface area (Å²) in [5, 5.41) is 1.04. The molecule has 0 spiro atoms. The van der Waals surface area contributed by atoms with Gasteiger partial charge in [0.15, 0.2) is 0 Å². The standard InChI is InChI=1S/C6H13S/c1-6-4-3-5-7(6)2/h6H,3-5H2,1-2H3. The van der Waals surface area contributed by atoms with Gasteiger partial charge in [-0.1, -0.05) is 6.92 Å². The van der Waals surface area contributed by atoms with Crippen LogP contribution in [-0.4, -0.2) is 17.3 Å². The van der Waals surface area contributed by atoms with Crippen LogP contribution >= 0.6 is 10.9 Å². The van der Waals surface area contributed by atoms with Crippen molar-refractivity contribution in [3.63, 3.8) is 0 Å². The van der Waals surface area contributed by atoms with E-state index in [1.54, 1.807) is 0 Å². The van der Waals surface area contributed by atoms with Gasteiger partial charge in [-0.15, -0.1) is 0 Å². The molecule has 0 aliphatic carbocycles. The van der Waals surface area contributed by atoms with Crippen LogP contribution in [0.5, 0.6) is 0 Å². The van der Waals surface area contributed by atoms with E-state index in [1.165, 1.54) is 18.6 Å². The Kier molecular flexibility index (Phi) is 1.63. The highest BCUT2D eigenvalue weighted by Gasteiger charge is 2.15. The van der Waals surface area contributed by atoms with E-state index in [9.17, 15) is 0 Å². The lowest BCUT2D eigenvalue weighted by Gasteiger charge is -2.09. The summed E-state index contributed by atoms with van der Waals surface area (Å²) in [5.74, 6) is 1.50. The van der Waals surface area contributed by atoms with E-state index in [4.69, 9.17) is 0 Å². The summed E-state index contributed by atoms with van der Waals surface area (Å²) in [6.45, 7) is 2.37. The van der Waals surface area contributed by atoms with Gasteiger partial charge in [0.2, 0.25) is 0 Å². The first-order chi connectivity index (χ1) is 3.30. The lowest BCUT2D eigenvalue weighted by molar-refractivity contribution is 0.837. The highest BCUT2D eigenvalue weighted by atomic mass is 32.2. The second kappa shape index (κ2) is 2.08. The summed E-state index contributed by atoms with van der Waals surface area (Å²) in [4.78, 5) is 0. The number of rotatable bonds is 0. The first kappa shape index (κ1) is 5.49. The van der Waals surface area contributed by atoms with Gasteiger partial charge in [0.05, 0.1) is 0 Å². The predicted octanol–water partition coefficient (Wildman–Crippen LogP) is 2.07. The van der Waals surface area contributed by atoms with Gasteiger partial charge in [-0.25, -0.2) is 10.9 Å². The van der Waals surface area contributed by atoms with Crippen LogP contribution in [0.4, 0.5) is 0 Å². The maximum absolute atomic E-state index is 2.39. The topological polar surface area (TPSA) is 0 Å². The summed E-state index contributed by atoms with van der Waals surface area (Å²) in [6.07, 6.45) is 5.36. The Labute approximate surface area is 48.6 Å². The molecule has 1 heterocycles. The van der Waals surface area contributed by atoms with Crippen molar-refractivity contribution in [2.24, 2.45) is 0 Å². The third-order valence-electron chi connectivity index (χ3n) is 1.76. The van der Waals surface area contributed by atoms with Crippen LogP contribution in [0.15, 0.2) is 0 Å². The van der Waals surface area contributed by atoms with E-state index in [2.05, 4.69) is 13.2 Å². The van der Waals surface area contributed by atoms with Gasteiger partial charge in [-0.05, 0) is 30.1 Å². The van der Waals surface area contributed by atoms with E-state index in [1.807, 2.05) is 0 Å². The molecule has 1 rings (SSSR count). The summed E-state index contributed by atoms with van der Waals surface area (Å²) in [7, 11) is 0.782. The summed E-state index contributed by atoms with van der Waals surface area (Å²) < 4.78 is 0. The van der Waals surface area contributed by atoms with E-state index < -0.39 is 0 Å². The van der Waals surface area contributed by atoms with E-state index in [0.717, 1.165) is 16.1 Å². The zero-order valence-corrected chi connectivity index (χ0v) is 5.92. The van der Waals surface area contributed by atoms with Crippen LogP contribution in [-0.2, 0) is 0 Å². The Bertz CT molecular complexity index is 53.2. The zero-order chi connectivity index (χ0) is 5.28. The second-order valence-electron chi connectivity index (χ2n) is 2.35. The fraction of sp³-hybridized carbons (Fsp3) is 1.00. The minimum absolute atomic E-state index is 0.782. The molecule has 1 aliphatic heterocycles. The number of hydrogen-bond acceptors (Lipinski definition) is 0. The van der Waals surface area contributed by atoms with Crippen molar-refractivity contribution in [2.45, 2.75) is 25.0 Å². The molecule has 1 unspecified atom stereocenters. The molecule has 1 heteroatoms. The summed E-state index contributed by atoms with van der Waals surface area (Å²) in [5.41, 5.74) is 0. The lowest BCUT2D eigenvalue weighted by atomic mass is 10.3. The maximum Gasteiger partial charge on any atom is -0.00708 e. The number of hydrogen-bond donors (Lipinski definition) is 0. The average molecular weight is 117 g/mol. The van der Waals surface area contributed by atoms with E-state index in [-0.39, 0.29) is 0 Å². The molecular formula is C6H13S. The molecule has 0 bridgehead atoms. The molecule has 1 atom stereocenters. The quantitative estimate of drug-likeness (QED) is 0.455. The van der Waals surface area contributed by atoms with Crippen molar-refractivity contribution >= 4 is 10.9 Å². The van der Waals surface area contributed by atoms with E-state index >= 15 is 0 Å². The molecular weight excluding hydrogens is 104 g/mol. The van der Waals surface area contributed by atoms with Gasteiger partial charge < -0.3 is 0 Å². The highest BCUT2D eigenvalue weighted by Crippen LogP contribution is 2.37. The molecule has 7 heavy (non-hydrogen) atoms. The molecule has 0 amide bonds. The second-order valence-corrected chi connectivity index (χ2v) is 4.94. The van der Waals surface area contributed by atoms with Gasteiger partial charge in [0.1, 0.15) is 0 Å². The molecule has 1 radical (unpaired) electrons. The smallest absolute Gasteiger partial charge is 0.00708 e. The monoisotopic (exact) mass is 117 g/mol. The molecule has 0 saturated carbocycles. The third-order valence-corrected chi connectivity index (χ3v) is 4.31. The Morgan fingerprint density at radius 1 is 1.57 bits per heavy atom. The lowest BCUT2D eigenvalue weighted by Crippen LogP contribution is -1.91. The Balaban J connectivity index is 2.33. The summed E-state index contributed by atoms with van der Waals surface area (Å²) in [6, 6.07) is 0. The average Bonchev–Trinajstić information content (AvgIpc) is 1.91. The molecule has 1 fully saturated rings. The Morgan fingerprint density at radius 3 is 2.43 bits per heavy atom. The minimum atomic E-state index is 0.782. The van der Waals surface area contributed by atoms with Gasteiger partial charge in [-0.3, -0.25) is 0 Å². The van der Waals surface area contributed by atoms with Crippen molar-refractivity contribution in [1.29, 1.82) is 0 Å². The molecule has 0 N–H and O–H groups in total. The van der Waals surface area contributed by atoms with Gasteiger partial charge >= 0.3 is 0 Å². The SMILES string of the molecule is CC1CCC[S]1C. The normalized spacial score (nSPS) is 34.3. The fourth-order valence-electron chi connectivity index (χ4n) is 1.00. The van der Waals surface area contributed by atoms with Crippen LogP contribution < -0.4 is 0 Å². The maximum atomic E-state index is 2.39. The van der Waals surface area contributed by atoms with Crippen molar-refractivity contribution in [1.82, 2.24) is 0 Å². The van der Waals surface area contributed by atoms with Crippen LogP contribution in [0.1, 0.15) is 19.8 Å². The summed E-state index contributed by atoms with van der Waals surface area (Å²) >= 11 is 0. The largest absolute Gasteiger partial charge is 0.210 e. The fourth-order valence-corrected chi connectivity index (χ4v) is 2.59. The molecule has 43 valence electrons. The van der Waals surface area contributed by atoms with Gasteiger partial charge in [0, 0.05) is 0 Å². The van der Waals surface area contributed by atoms with Crippen LogP contribution in [0.25, 0.3) is 0 Å². The molecule has 0 aromatic heterocycles. The molecule has 1 saturated heterocycles.